The van der Waals surface area contributed by atoms with Gasteiger partial charge in [-0.2, -0.15) is 5.26 Å². The number of nitriles is 1. The number of nitrogens with zero attached hydrogens (tertiary/aromatic N) is 1. The van der Waals surface area contributed by atoms with Gasteiger partial charge in [0.05, 0.1) is 12.7 Å². The number of nitrogens with one attached hydrogen (secondary N) is 1. The first-order valence-corrected chi connectivity index (χ1v) is 6.88. The van der Waals surface area contributed by atoms with Gasteiger partial charge in [0.1, 0.15) is 11.8 Å². The smallest absolute Gasteiger partial charge is 0.136 e. The Morgan fingerprint density at radius 2 is 2.05 bits per heavy atom. The number of benzene rings is 2. The van der Waals surface area contributed by atoms with Crippen molar-refractivity contribution in [3.05, 3.63) is 57.2 Å². The Hall–Kier alpha value is -1.74. The van der Waals surface area contributed by atoms with Crippen molar-refractivity contribution in [1.82, 2.24) is 0 Å². The zero-order valence-corrected chi connectivity index (χ0v) is 12.6. The number of anilines is 1. The lowest BCUT2D eigenvalue weighted by Gasteiger charge is -2.10. The Bertz CT molecular complexity index is 620. The van der Waals surface area contributed by atoms with E-state index in [0.717, 1.165) is 11.3 Å². The summed E-state index contributed by atoms with van der Waals surface area (Å²) < 4.78 is 6.30. The van der Waals surface area contributed by atoms with Crippen molar-refractivity contribution in [2.75, 3.05) is 12.4 Å². The van der Waals surface area contributed by atoms with Gasteiger partial charge in [-0.1, -0.05) is 18.2 Å². The normalized spacial score (nSPS) is 9.74. The highest BCUT2D eigenvalue weighted by Crippen LogP contribution is 2.21. The molecular formula is C15H13IN2O. The van der Waals surface area contributed by atoms with Gasteiger partial charge in [-0.15, -0.1) is 0 Å². The molecule has 4 heteroatoms. The van der Waals surface area contributed by atoms with E-state index in [9.17, 15) is 0 Å². The highest BCUT2D eigenvalue weighted by molar-refractivity contribution is 14.1. The fourth-order valence-corrected chi connectivity index (χ4v) is 2.33. The molecule has 0 fully saturated rings. The lowest BCUT2D eigenvalue weighted by molar-refractivity contribution is 0.413. The second kappa shape index (κ2) is 6.43. The van der Waals surface area contributed by atoms with Crippen LogP contribution < -0.4 is 10.1 Å². The van der Waals surface area contributed by atoms with E-state index in [0.29, 0.717) is 17.9 Å². The van der Waals surface area contributed by atoms with Crippen LogP contribution in [0.5, 0.6) is 5.75 Å². The molecule has 0 spiro atoms. The van der Waals surface area contributed by atoms with Crippen LogP contribution >= 0.6 is 22.6 Å². The summed E-state index contributed by atoms with van der Waals surface area (Å²) in [5.41, 5.74) is 2.71. The molecule has 2 rings (SSSR count). The molecule has 0 atom stereocenters. The van der Waals surface area contributed by atoms with Gasteiger partial charge in [-0.25, -0.2) is 0 Å². The molecule has 0 aliphatic rings. The fourth-order valence-electron chi connectivity index (χ4n) is 1.75. The second-order valence-corrected chi connectivity index (χ2v) is 5.14. The fraction of sp³-hybridized carbons (Fsp3) is 0.133. The average Bonchev–Trinajstić information content (AvgIpc) is 2.46. The summed E-state index contributed by atoms with van der Waals surface area (Å²) in [5, 5.41) is 12.4. The number of ether oxygens (including phenoxy) is 1. The first-order valence-electron chi connectivity index (χ1n) is 5.80. The molecule has 0 unspecified atom stereocenters. The van der Waals surface area contributed by atoms with Crippen LogP contribution in [0.1, 0.15) is 11.1 Å². The van der Waals surface area contributed by atoms with Gasteiger partial charge in [0, 0.05) is 15.8 Å². The summed E-state index contributed by atoms with van der Waals surface area (Å²) in [6, 6.07) is 15.9. The first kappa shape index (κ1) is 13.7. The lowest BCUT2D eigenvalue weighted by Crippen LogP contribution is -2.01. The molecule has 0 saturated heterocycles. The summed E-state index contributed by atoms with van der Waals surface area (Å²) in [7, 11) is 1.57. The SMILES string of the molecule is COc1ccc(CNc2ccccc2I)cc1C#N. The van der Waals surface area contributed by atoms with Crippen molar-refractivity contribution in [3.8, 4) is 11.8 Å². The van der Waals surface area contributed by atoms with Crippen LogP contribution in [0.15, 0.2) is 42.5 Å². The maximum absolute atomic E-state index is 9.05. The molecule has 0 radical (unpaired) electrons. The number of hydrogen-bond donors (Lipinski definition) is 1. The summed E-state index contributed by atoms with van der Waals surface area (Å²) in [5.74, 6) is 0.612. The van der Waals surface area contributed by atoms with Crippen LogP contribution in [-0.2, 0) is 6.54 Å². The second-order valence-electron chi connectivity index (χ2n) is 3.98. The van der Waals surface area contributed by atoms with E-state index in [1.54, 1.807) is 7.11 Å². The van der Waals surface area contributed by atoms with E-state index in [-0.39, 0.29) is 0 Å². The molecule has 19 heavy (non-hydrogen) atoms. The third-order valence-electron chi connectivity index (χ3n) is 2.74. The maximum Gasteiger partial charge on any atom is 0.136 e. The molecule has 96 valence electrons. The number of methoxy groups -OCH3 is 1. The third-order valence-corrected chi connectivity index (χ3v) is 3.68. The van der Waals surface area contributed by atoms with Crippen LogP contribution in [-0.4, -0.2) is 7.11 Å². The van der Waals surface area contributed by atoms with Gasteiger partial charge < -0.3 is 10.1 Å². The Kier molecular flexibility index (Phi) is 4.63. The minimum absolute atomic E-state index is 0.560. The monoisotopic (exact) mass is 364 g/mol. The molecule has 0 aliphatic carbocycles. The quantitative estimate of drug-likeness (QED) is 0.840. The van der Waals surface area contributed by atoms with E-state index in [1.807, 2.05) is 36.4 Å². The van der Waals surface area contributed by atoms with Gasteiger partial charge >= 0.3 is 0 Å². The van der Waals surface area contributed by atoms with Crippen LogP contribution in [0, 0.1) is 14.9 Å². The number of halogens is 1. The summed E-state index contributed by atoms with van der Waals surface area (Å²) in [6.45, 7) is 0.679. The summed E-state index contributed by atoms with van der Waals surface area (Å²) >= 11 is 2.29. The molecule has 2 aromatic carbocycles. The van der Waals surface area contributed by atoms with Crippen molar-refractivity contribution in [1.29, 1.82) is 5.26 Å². The minimum Gasteiger partial charge on any atom is -0.495 e. The zero-order chi connectivity index (χ0) is 13.7. The molecule has 0 bridgehead atoms. The highest BCUT2D eigenvalue weighted by Gasteiger charge is 2.04. The Balaban J connectivity index is 2.13. The summed E-state index contributed by atoms with van der Waals surface area (Å²) in [6.07, 6.45) is 0. The van der Waals surface area contributed by atoms with E-state index < -0.39 is 0 Å². The number of rotatable bonds is 4. The molecule has 0 saturated carbocycles. The minimum atomic E-state index is 0.560. The molecular weight excluding hydrogens is 351 g/mol. The van der Waals surface area contributed by atoms with E-state index in [4.69, 9.17) is 10.00 Å². The van der Waals surface area contributed by atoms with Gasteiger partial charge in [-0.05, 0) is 52.4 Å². The van der Waals surface area contributed by atoms with Gasteiger partial charge in [0.25, 0.3) is 0 Å². The number of para-hydroxylation sites is 1. The van der Waals surface area contributed by atoms with Crippen molar-refractivity contribution < 1.29 is 4.74 Å². The van der Waals surface area contributed by atoms with E-state index in [1.165, 1.54) is 3.57 Å². The highest BCUT2D eigenvalue weighted by atomic mass is 127. The Labute approximate surface area is 126 Å². The molecule has 0 heterocycles. The molecule has 3 nitrogen and oxygen atoms in total. The van der Waals surface area contributed by atoms with Gasteiger partial charge in [-0.3, -0.25) is 0 Å². The van der Waals surface area contributed by atoms with Crippen molar-refractivity contribution >= 4 is 28.3 Å². The molecule has 1 N–H and O–H groups in total. The average molecular weight is 364 g/mol. The predicted molar refractivity (Wildman–Crippen MR) is 84.2 cm³/mol. The first-order chi connectivity index (χ1) is 9.24. The van der Waals surface area contributed by atoms with Crippen LogP contribution in [0.25, 0.3) is 0 Å². The standard InChI is InChI=1S/C15H13IN2O/c1-19-15-7-6-11(8-12(15)9-17)10-18-14-5-3-2-4-13(14)16/h2-8,18H,10H2,1H3. The van der Waals surface area contributed by atoms with Crippen molar-refractivity contribution in [3.63, 3.8) is 0 Å². The maximum atomic E-state index is 9.05. The summed E-state index contributed by atoms with van der Waals surface area (Å²) in [4.78, 5) is 0. The Morgan fingerprint density at radius 1 is 1.26 bits per heavy atom. The van der Waals surface area contributed by atoms with E-state index >= 15 is 0 Å². The van der Waals surface area contributed by atoms with Crippen molar-refractivity contribution in [2.24, 2.45) is 0 Å². The van der Waals surface area contributed by atoms with Gasteiger partial charge in [0.2, 0.25) is 0 Å². The predicted octanol–water partition coefficient (Wildman–Crippen LogP) is 3.78. The van der Waals surface area contributed by atoms with Crippen LogP contribution in [0.2, 0.25) is 0 Å². The Morgan fingerprint density at radius 3 is 2.74 bits per heavy atom. The molecule has 0 aliphatic heterocycles. The molecule has 0 amide bonds. The van der Waals surface area contributed by atoms with Crippen molar-refractivity contribution in [2.45, 2.75) is 6.54 Å². The topological polar surface area (TPSA) is 45.0 Å². The van der Waals surface area contributed by atoms with Gasteiger partial charge in [0.15, 0.2) is 0 Å². The largest absolute Gasteiger partial charge is 0.495 e. The number of hydrogen-bond acceptors (Lipinski definition) is 3. The third kappa shape index (κ3) is 3.38. The van der Waals surface area contributed by atoms with E-state index in [2.05, 4.69) is 40.0 Å². The lowest BCUT2D eigenvalue weighted by atomic mass is 10.1. The zero-order valence-electron chi connectivity index (χ0n) is 10.5. The molecule has 2 aromatic rings. The van der Waals surface area contributed by atoms with Crippen LogP contribution in [0.4, 0.5) is 5.69 Å². The van der Waals surface area contributed by atoms with Crippen LogP contribution in [0.3, 0.4) is 0 Å². The molecule has 0 aromatic heterocycles.